The van der Waals surface area contributed by atoms with E-state index in [1.807, 2.05) is 0 Å². The van der Waals surface area contributed by atoms with Crippen LogP contribution in [-0.4, -0.2) is 25.0 Å². The first-order chi connectivity index (χ1) is 11.5. The number of anilines is 2. The van der Waals surface area contributed by atoms with Crippen LogP contribution in [0, 0.1) is 5.82 Å². The van der Waals surface area contributed by atoms with Crippen LogP contribution in [0.3, 0.4) is 0 Å². The Morgan fingerprint density at radius 3 is 2.96 bits per heavy atom. The lowest BCUT2D eigenvalue weighted by molar-refractivity contribution is -0.119. The van der Waals surface area contributed by atoms with Crippen LogP contribution in [-0.2, 0) is 9.59 Å². The molecule has 0 saturated heterocycles. The fourth-order valence-electron chi connectivity index (χ4n) is 2.07. The van der Waals surface area contributed by atoms with Crippen molar-refractivity contribution in [1.82, 2.24) is 0 Å². The van der Waals surface area contributed by atoms with Crippen molar-refractivity contribution >= 4 is 34.8 Å². The van der Waals surface area contributed by atoms with Gasteiger partial charge in [-0.25, -0.2) is 4.39 Å². The summed E-state index contributed by atoms with van der Waals surface area (Å²) in [6.45, 7) is -0.311. The largest absolute Gasteiger partial charge is 0.484 e. The Morgan fingerprint density at radius 1 is 1.33 bits per heavy atom. The van der Waals surface area contributed by atoms with Gasteiger partial charge in [0.05, 0.1) is 10.7 Å². The van der Waals surface area contributed by atoms with E-state index < -0.39 is 11.7 Å². The van der Waals surface area contributed by atoms with E-state index in [1.54, 1.807) is 18.2 Å². The van der Waals surface area contributed by atoms with Gasteiger partial charge < -0.3 is 20.1 Å². The van der Waals surface area contributed by atoms with Crippen LogP contribution in [0.1, 0.15) is 0 Å². The average molecular weight is 351 g/mol. The lowest BCUT2D eigenvalue weighted by Crippen LogP contribution is -2.25. The predicted molar refractivity (Wildman–Crippen MR) is 86.1 cm³/mol. The Labute approximate surface area is 141 Å². The van der Waals surface area contributed by atoms with E-state index in [9.17, 15) is 14.0 Å². The topological polar surface area (TPSA) is 76.7 Å². The van der Waals surface area contributed by atoms with E-state index in [0.29, 0.717) is 17.1 Å². The molecule has 6 nitrogen and oxygen atoms in total. The van der Waals surface area contributed by atoms with Gasteiger partial charge in [-0.05, 0) is 30.3 Å². The molecule has 0 atom stereocenters. The number of hydrogen-bond donors (Lipinski definition) is 2. The Morgan fingerprint density at radius 2 is 2.17 bits per heavy atom. The van der Waals surface area contributed by atoms with Crippen molar-refractivity contribution in [2.45, 2.75) is 0 Å². The Bertz CT molecular complexity index is 813. The van der Waals surface area contributed by atoms with Crippen molar-refractivity contribution in [3.63, 3.8) is 0 Å². The summed E-state index contributed by atoms with van der Waals surface area (Å²) in [5, 5.41) is 5.19. The highest BCUT2D eigenvalue weighted by atomic mass is 35.5. The molecule has 2 aromatic carbocycles. The van der Waals surface area contributed by atoms with Crippen LogP contribution < -0.4 is 20.1 Å². The molecule has 2 amide bonds. The molecule has 0 fully saturated rings. The molecule has 2 aromatic rings. The van der Waals surface area contributed by atoms with Crippen LogP contribution in [0.15, 0.2) is 36.4 Å². The molecule has 1 aliphatic heterocycles. The van der Waals surface area contributed by atoms with Crippen LogP contribution in [0.25, 0.3) is 0 Å². The molecule has 0 aliphatic carbocycles. The van der Waals surface area contributed by atoms with Gasteiger partial charge in [-0.2, -0.15) is 0 Å². The van der Waals surface area contributed by atoms with Gasteiger partial charge in [0.15, 0.2) is 13.2 Å². The molecule has 3 rings (SSSR count). The monoisotopic (exact) mass is 350 g/mol. The zero-order valence-corrected chi connectivity index (χ0v) is 13.0. The summed E-state index contributed by atoms with van der Waals surface area (Å²) in [5.41, 5.74) is 0.959. The lowest BCUT2D eigenvalue weighted by Gasteiger charge is -2.18. The Hall–Kier alpha value is -2.80. The maximum atomic E-state index is 13.0. The Balaban J connectivity index is 1.59. The highest BCUT2D eigenvalue weighted by Crippen LogP contribution is 2.30. The summed E-state index contributed by atoms with van der Waals surface area (Å²) in [7, 11) is 0. The highest BCUT2D eigenvalue weighted by Gasteiger charge is 2.16. The van der Waals surface area contributed by atoms with Crippen molar-refractivity contribution in [3.8, 4) is 11.5 Å². The van der Waals surface area contributed by atoms with Crippen LogP contribution >= 0.6 is 11.6 Å². The summed E-state index contributed by atoms with van der Waals surface area (Å²) < 4.78 is 23.5. The highest BCUT2D eigenvalue weighted by molar-refractivity contribution is 6.30. The number of rotatable bonds is 4. The minimum absolute atomic E-state index is 0.0349. The standard InChI is InChI=1S/C16H12ClFN2O4/c17-11-6-10(2-3-12(11)18)23-7-15(21)19-9-1-4-14-13(5-9)20-16(22)8-24-14/h1-6H,7-8H2,(H,19,21)(H,20,22). The molecule has 0 spiro atoms. The van der Waals surface area contributed by atoms with Gasteiger partial charge in [-0.1, -0.05) is 11.6 Å². The van der Waals surface area contributed by atoms with Crippen LogP contribution in [0.4, 0.5) is 15.8 Å². The smallest absolute Gasteiger partial charge is 0.262 e. The minimum Gasteiger partial charge on any atom is -0.484 e. The second-order valence-electron chi connectivity index (χ2n) is 4.96. The number of carbonyl (C=O) groups excluding carboxylic acids is 2. The van der Waals surface area contributed by atoms with Crippen molar-refractivity contribution < 1.29 is 23.5 Å². The van der Waals surface area contributed by atoms with E-state index in [1.165, 1.54) is 12.1 Å². The number of benzene rings is 2. The van der Waals surface area contributed by atoms with Gasteiger partial charge in [0, 0.05) is 11.8 Å². The quantitative estimate of drug-likeness (QED) is 0.889. The van der Waals surface area contributed by atoms with Crippen molar-refractivity contribution in [3.05, 3.63) is 47.2 Å². The van der Waals surface area contributed by atoms with Crippen LogP contribution in [0.2, 0.25) is 5.02 Å². The number of hydrogen-bond acceptors (Lipinski definition) is 4. The third kappa shape index (κ3) is 3.75. The minimum atomic E-state index is -0.563. The van der Waals surface area contributed by atoms with Gasteiger partial charge in [0.2, 0.25) is 0 Å². The maximum absolute atomic E-state index is 13.0. The number of carbonyl (C=O) groups is 2. The second kappa shape index (κ2) is 6.76. The van der Waals surface area contributed by atoms with Crippen LogP contribution in [0.5, 0.6) is 11.5 Å². The average Bonchev–Trinajstić information content (AvgIpc) is 2.55. The van der Waals surface area contributed by atoms with Crippen molar-refractivity contribution in [2.24, 2.45) is 0 Å². The van der Waals surface area contributed by atoms with Crippen molar-refractivity contribution in [1.29, 1.82) is 0 Å². The first-order valence-electron chi connectivity index (χ1n) is 6.95. The maximum Gasteiger partial charge on any atom is 0.262 e. The fraction of sp³-hybridized carbons (Fsp3) is 0.125. The molecule has 0 radical (unpaired) electrons. The summed E-state index contributed by atoms with van der Waals surface area (Å²) in [6.07, 6.45) is 0. The van der Waals surface area contributed by atoms with Gasteiger partial charge in [0.25, 0.3) is 11.8 Å². The zero-order valence-electron chi connectivity index (χ0n) is 12.3. The number of nitrogens with one attached hydrogen (secondary N) is 2. The normalized spacial score (nSPS) is 12.7. The summed E-state index contributed by atoms with van der Waals surface area (Å²) in [5.74, 6) is -0.430. The van der Waals surface area contributed by atoms with E-state index in [4.69, 9.17) is 21.1 Å². The zero-order chi connectivity index (χ0) is 17.1. The van der Waals surface area contributed by atoms with Gasteiger partial charge in [0.1, 0.15) is 17.3 Å². The van der Waals surface area contributed by atoms with E-state index in [0.717, 1.165) is 6.07 Å². The van der Waals surface area contributed by atoms with E-state index in [-0.39, 0.29) is 29.9 Å². The molecule has 0 unspecified atom stereocenters. The fourth-order valence-corrected chi connectivity index (χ4v) is 2.24. The van der Waals surface area contributed by atoms with Gasteiger partial charge >= 0.3 is 0 Å². The molecule has 0 aromatic heterocycles. The molecule has 0 bridgehead atoms. The number of amides is 2. The second-order valence-corrected chi connectivity index (χ2v) is 5.37. The Kier molecular flexibility index (Phi) is 4.52. The molecule has 1 aliphatic rings. The summed E-state index contributed by atoms with van der Waals surface area (Å²) >= 11 is 5.64. The number of ether oxygens (including phenoxy) is 2. The summed E-state index contributed by atoms with van der Waals surface area (Å²) in [6, 6.07) is 8.69. The first-order valence-corrected chi connectivity index (χ1v) is 7.33. The third-order valence-electron chi connectivity index (χ3n) is 3.16. The third-order valence-corrected chi connectivity index (χ3v) is 3.45. The molecular weight excluding hydrogens is 339 g/mol. The first kappa shape index (κ1) is 16.1. The molecule has 0 saturated carbocycles. The molecule has 1 heterocycles. The number of halogens is 2. The molecule has 2 N–H and O–H groups in total. The molecular formula is C16H12ClFN2O4. The lowest BCUT2D eigenvalue weighted by atomic mass is 10.2. The molecule has 24 heavy (non-hydrogen) atoms. The molecule has 8 heteroatoms. The van der Waals surface area contributed by atoms with Gasteiger partial charge in [-0.15, -0.1) is 0 Å². The van der Waals surface area contributed by atoms with Crippen molar-refractivity contribution in [2.75, 3.05) is 23.8 Å². The van der Waals surface area contributed by atoms with Gasteiger partial charge in [-0.3, -0.25) is 9.59 Å². The van der Waals surface area contributed by atoms with E-state index in [2.05, 4.69) is 10.6 Å². The SMILES string of the molecule is O=C(COc1ccc(F)c(Cl)c1)Nc1ccc2c(c1)NC(=O)CO2. The molecule has 124 valence electrons. The predicted octanol–water partition coefficient (Wildman–Crippen LogP) is 2.83. The van der Waals surface area contributed by atoms with E-state index >= 15 is 0 Å². The summed E-state index contributed by atoms with van der Waals surface area (Å²) in [4.78, 5) is 23.2. The number of fused-ring (bicyclic) bond motifs is 1.